The molecule has 11 nitrogen and oxygen atoms in total. The summed E-state index contributed by atoms with van der Waals surface area (Å²) in [5.41, 5.74) is 0. The van der Waals surface area contributed by atoms with Gasteiger partial charge in [0.05, 0.1) is 13.0 Å². The molecule has 0 saturated carbocycles. The summed E-state index contributed by atoms with van der Waals surface area (Å²) in [6, 6.07) is -0.504. The lowest BCUT2D eigenvalue weighted by Gasteiger charge is -2.43. The van der Waals surface area contributed by atoms with Crippen molar-refractivity contribution in [1.29, 1.82) is 0 Å². The number of ether oxygens (including phenoxy) is 5. The lowest BCUT2D eigenvalue weighted by Crippen LogP contribution is -2.66. The van der Waals surface area contributed by atoms with E-state index < -0.39 is 73.9 Å². The Morgan fingerprint density at radius 3 is 1.91 bits per heavy atom. The minimum Gasteiger partial charge on any atom is -0.462 e. The molecule has 1 saturated heterocycles. The van der Waals surface area contributed by atoms with Crippen molar-refractivity contribution in [2.75, 3.05) is 19.8 Å². The summed E-state index contributed by atoms with van der Waals surface area (Å²) in [5, 5.41) is 23.8. The van der Waals surface area contributed by atoms with Crippen LogP contribution in [-0.4, -0.2) is 96.7 Å². The number of unbranched alkanes of at least 4 members (excludes halogenated alkanes) is 14. The van der Waals surface area contributed by atoms with Crippen LogP contribution < -0.4 is 5.32 Å². The maximum atomic E-state index is 13.6. The molecular weight excluding hydrogens is 765 g/mol. The minimum atomic E-state index is -1.88. The van der Waals surface area contributed by atoms with E-state index in [2.05, 4.69) is 38.8 Å². The fourth-order valence-electron chi connectivity index (χ4n) is 6.05. The van der Waals surface area contributed by atoms with E-state index >= 15 is 0 Å². The van der Waals surface area contributed by atoms with E-state index in [9.17, 15) is 24.6 Å². The topological polar surface area (TPSA) is 150 Å². The first-order valence-electron chi connectivity index (χ1n) is 20.0. The highest BCUT2D eigenvalue weighted by atomic mass is 35.6. The van der Waals surface area contributed by atoms with Crippen molar-refractivity contribution in [2.24, 2.45) is 0 Å². The first-order chi connectivity index (χ1) is 25.1. The van der Waals surface area contributed by atoms with Crippen LogP contribution in [0.1, 0.15) is 136 Å². The maximum absolute atomic E-state index is 13.6. The highest BCUT2D eigenvalue weighted by Crippen LogP contribution is 2.28. The fraction of sp³-hybridized carbons (Fsp3) is 0.921. The fourth-order valence-corrected chi connectivity index (χ4v) is 6.95. The predicted molar refractivity (Wildman–Crippen MR) is 213 cm³/mol. The number of esters is 2. The summed E-state index contributed by atoms with van der Waals surface area (Å²) in [5.74, 6) is -1.11. The van der Waals surface area contributed by atoms with Crippen molar-refractivity contribution in [2.45, 2.75) is 202 Å². The first kappa shape index (κ1) is 50.2. The van der Waals surface area contributed by atoms with Crippen LogP contribution in [0.5, 0.6) is 0 Å². The van der Waals surface area contributed by atoms with Crippen molar-refractivity contribution in [3.05, 3.63) is 0 Å². The van der Waals surface area contributed by atoms with E-state index in [0.29, 0.717) is 6.42 Å². The van der Waals surface area contributed by atoms with E-state index in [1.54, 1.807) is 0 Å². The summed E-state index contributed by atoms with van der Waals surface area (Å²) in [6.45, 7) is 9.96. The standard InChI is InChI=1S/C38H70Cl3NO10Si/c1-6-8-10-12-14-15-17-18-20-22-29(50-31(44)23-21-19-16-13-11-9-7-2)26-32(45)52-35-33(42-37(47)49-28-38(39,40)41)36(48-24-25-53(3,4)5)51-30(27-43)34(35)46/h29-30,33-36,43,46H,6-28H2,1-5H3,(H,42,47)/t29-,30-,33+,34-,35-,36+/m1/s1. The normalized spacial score (nSPS) is 21.2. The van der Waals surface area contributed by atoms with Gasteiger partial charge in [-0.1, -0.05) is 158 Å². The number of aliphatic hydroxyl groups is 2. The number of hydrogen-bond donors (Lipinski definition) is 3. The van der Waals surface area contributed by atoms with Crippen LogP contribution in [0.2, 0.25) is 25.7 Å². The third kappa shape index (κ3) is 25.1. The van der Waals surface area contributed by atoms with Crippen LogP contribution in [0.3, 0.4) is 0 Å². The van der Waals surface area contributed by atoms with Crippen LogP contribution in [-0.2, 0) is 33.3 Å². The van der Waals surface area contributed by atoms with E-state index in [4.69, 9.17) is 58.5 Å². The monoisotopic (exact) mass is 833 g/mol. The average Bonchev–Trinajstić information content (AvgIpc) is 3.07. The number of alkyl halides is 3. The molecular formula is C38H70Cl3NO10Si. The van der Waals surface area contributed by atoms with Gasteiger partial charge in [0.25, 0.3) is 0 Å². The molecule has 0 spiro atoms. The van der Waals surface area contributed by atoms with Gasteiger partial charge in [0.1, 0.15) is 31.0 Å². The first-order valence-corrected chi connectivity index (χ1v) is 24.9. The Morgan fingerprint density at radius 2 is 1.38 bits per heavy atom. The van der Waals surface area contributed by atoms with Crippen LogP contribution in [0.4, 0.5) is 4.79 Å². The van der Waals surface area contributed by atoms with Gasteiger partial charge in [-0.05, 0) is 25.3 Å². The number of amides is 1. The Labute approximate surface area is 335 Å². The van der Waals surface area contributed by atoms with E-state index in [0.717, 1.165) is 57.4 Å². The zero-order valence-electron chi connectivity index (χ0n) is 33.0. The quantitative estimate of drug-likeness (QED) is 0.0219. The minimum absolute atomic E-state index is 0.251. The van der Waals surface area contributed by atoms with Crippen molar-refractivity contribution in [3.63, 3.8) is 0 Å². The third-order valence-electron chi connectivity index (χ3n) is 9.21. The molecule has 53 heavy (non-hydrogen) atoms. The molecule has 15 heteroatoms. The number of hydrogen-bond acceptors (Lipinski definition) is 10. The summed E-state index contributed by atoms with van der Waals surface area (Å²) < 4.78 is 26.7. The van der Waals surface area contributed by atoms with Gasteiger partial charge in [-0.3, -0.25) is 9.59 Å². The molecule has 1 aliphatic heterocycles. The van der Waals surface area contributed by atoms with Crippen LogP contribution >= 0.6 is 34.8 Å². The van der Waals surface area contributed by atoms with Gasteiger partial charge in [-0.15, -0.1) is 0 Å². The number of carbonyl (C=O) groups is 3. The Hall–Kier alpha value is -0.863. The summed E-state index contributed by atoms with van der Waals surface area (Å²) in [7, 11) is -1.55. The van der Waals surface area contributed by atoms with Crippen molar-refractivity contribution in [1.82, 2.24) is 5.32 Å². The molecule has 1 rings (SSSR count). The second-order valence-corrected chi connectivity index (χ2v) is 23.7. The molecule has 3 N–H and O–H groups in total. The molecule has 0 unspecified atom stereocenters. The Balaban J connectivity index is 3.04. The number of carbonyl (C=O) groups excluding carboxylic acids is 3. The number of nitrogens with one attached hydrogen (secondary N) is 1. The van der Waals surface area contributed by atoms with Crippen LogP contribution in [0.15, 0.2) is 0 Å². The van der Waals surface area contributed by atoms with Crippen molar-refractivity contribution >= 4 is 60.9 Å². The maximum Gasteiger partial charge on any atom is 0.407 e. The molecule has 1 amide bonds. The number of halogens is 3. The Kier molecular flexibility index (Phi) is 27.0. The molecule has 0 aromatic carbocycles. The van der Waals surface area contributed by atoms with Gasteiger partial charge in [0.2, 0.25) is 3.79 Å². The molecule has 0 aromatic rings. The average molecular weight is 835 g/mol. The Bertz CT molecular complexity index is 1000. The molecule has 1 heterocycles. The molecule has 0 aliphatic carbocycles. The SMILES string of the molecule is CCCCCCCCCCC[C@H](CC(=O)O[C@H]1[C@H](O)[C@@H](CO)O[C@H](OCC[Si](C)(C)C)[C@H]1NC(=O)OCC(Cl)(Cl)Cl)OC(=O)CCCCCCCCC. The number of rotatable bonds is 29. The van der Waals surface area contributed by atoms with E-state index in [1.165, 1.54) is 51.4 Å². The molecule has 312 valence electrons. The van der Waals surface area contributed by atoms with E-state index in [-0.39, 0.29) is 25.4 Å². The zero-order valence-corrected chi connectivity index (χ0v) is 36.3. The van der Waals surface area contributed by atoms with Crippen molar-refractivity contribution in [3.8, 4) is 0 Å². The van der Waals surface area contributed by atoms with Gasteiger partial charge in [0, 0.05) is 21.1 Å². The highest BCUT2D eigenvalue weighted by Gasteiger charge is 2.49. The van der Waals surface area contributed by atoms with Gasteiger partial charge >= 0.3 is 18.0 Å². The molecule has 0 radical (unpaired) electrons. The summed E-state index contributed by atoms with van der Waals surface area (Å²) in [4.78, 5) is 39.3. The van der Waals surface area contributed by atoms with E-state index in [1.807, 2.05) is 0 Å². The van der Waals surface area contributed by atoms with Crippen LogP contribution in [0.25, 0.3) is 0 Å². The van der Waals surface area contributed by atoms with Gasteiger partial charge in [-0.25, -0.2) is 4.79 Å². The van der Waals surface area contributed by atoms with Gasteiger partial charge in [0.15, 0.2) is 12.4 Å². The lowest BCUT2D eigenvalue weighted by atomic mass is 9.96. The Morgan fingerprint density at radius 1 is 0.830 bits per heavy atom. The largest absolute Gasteiger partial charge is 0.462 e. The summed E-state index contributed by atoms with van der Waals surface area (Å²) >= 11 is 17.3. The molecule has 1 aliphatic rings. The number of aliphatic hydroxyl groups excluding tert-OH is 2. The second-order valence-electron chi connectivity index (χ2n) is 15.5. The summed E-state index contributed by atoms with van der Waals surface area (Å²) in [6.07, 6.45) is 11.0. The molecule has 1 fully saturated rings. The molecule has 0 bridgehead atoms. The predicted octanol–water partition coefficient (Wildman–Crippen LogP) is 9.16. The smallest absolute Gasteiger partial charge is 0.407 e. The molecule has 0 aromatic heterocycles. The highest BCUT2D eigenvalue weighted by molar-refractivity contribution is 6.76. The third-order valence-corrected chi connectivity index (χ3v) is 11.2. The second kappa shape index (κ2) is 28.5. The number of alkyl carbamates (subject to hydrolysis) is 1. The molecule has 6 atom stereocenters. The van der Waals surface area contributed by atoms with Crippen molar-refractivity contribution < 1.29 is 48.3 Å². The zero-order chi connectivity index (χ0) is 39.7. The van der Waals surface area contributed by atoms with Gasteiger partial charge in [-0.2, -0.15) is 0 Å². The van der Waals surface area contributed by atoms with Crippen LogP contribution in [0, 0.1) is 0 Å². The van der Waals surface area contributed by atoms with Gasteiger partial charge < -0.3 is 39.2 Å². The lowest BCUT2D eigenvalue weighted by molar-refractivity contribution is -0.272.